The molecule has 3 N–H and O–H groups in total. The molecule has 46 heavy (non-hydrogen) atoms. The number of nitrogens with one attached hydrogen (secondary N) is 2. The van der Waals surface area contributed by atoms with Gasteiger partial charge in [0.25, 0.3) is 11.4 Å². The Kier molecular flexibility index (Phi) is 7.91. The zero-order chi connectivity index (χ0) is 31.8. The fraction of sp³-hybridized carbons (Fsp3) is 0.382. The van der Waals surface area contributed by atoms with Crippen LogP contribution in [-0.2, 0) is 12.0 Å². The Labute approximate surface area is 266 Å². The van der Waals surface area contributed by atoms with Crippen molar-refractivity contribution in [1.29, 1.82) is 0 Å². The molecular formula is C34H39N9O3. The zero-order valence-electron chi connectivity index (χ0n) is 26.2. The molecule has 12 heteroatoms. The number of benzene rings is 1. The van der Waals surface area contributed by atoms with Gasteiger partial charge in [-0.25, -0.2) is 14.6 Å². The predicted octanol–water partition coefficient (Wildman–Crippen LogP) is 5.04. The number of hydrogen-bond donors (Lipinski definition) is 3. The van der Waals surface area contributed by atoms with Crippen molar-refractivity contribution < 1.29 is 9.63 Å². The minimum atomic E-state index is -0.391. The van der Waals surface area contributed by atoms with Gasteiger partial charge in [-0.2, -0.15) is 4.98 Å². The number of aliphatic hydroxyl groups is 1. The number of nitrogens with zero attached hydrogens (tertiary/aromatic N) is 7. The Morgan fingerprint density at radius 2 is 1.83 bits per heavy atom. The molecule has 238 valence electrons. The van der Waals surface area contributed by atoms with E-state index < -0.39 is 6.04 Å². The maximum Gasteiger partial charge on any atom is 0.276 e. The summed E-state index contributed by atoms with van der Waals surface area (Å²) in [6.07, 6.45) is 6.53. The lowest BCUT2D eigenvalue weighted by molar-refractivity contribution is 0.0747. The SMILES string of the molecule is C=CCn1c2nc(Nc3cc(N[C@H](CO)c4ccccc4)c(-c4nc(C56CCN(CC5)CC6)no4)cn3)ccc2c(=O)n1C(C)C. The van der Waals surface area contributed by atoms with E-state index in [1.165, 1.54) is 0 Å². The van der Waals surface area contributed by atoms with Gasteiger partial charge in [-0.15, -0.1) is 6.58 Å². The molecule has 0 unspecified atom stereocenters. The Morgan fingerprint density at radius 3 is 2.52 bits per heavy atom. The van der Waals surface area contributed by atoms with Crippen molar-refractivity contribution in [2.24, 2.45) is 0 Å². The Bertz CT molecular complexity index is 1910. The van der Waals surface area contributed by atoms with Gasteiger partial charge in [-0.3, -0.25) is 9.48 Å². The molecule has 1 atom stereocenters. The van der Waals surface area contributed by atoms with Crippen LogP contribution in [0.1, 0.15) is 56.6 Å². The molecular weight excluding hydrogens is 582 g/mol. The summed E-state index contributed by atoms with van der Waals surface area (Å²) in [7, 11) is 0. The van der Waals surface area contributed by atoms with Gasteiger partial charge in [0, 0.05) is 23.7 Å². The molecule has 3 aliphatic rings. The number of aromatic nitrogens is 6. The summed E-state index contributed by atoms with van der Waals surface area (Å²) in [5, 5.41) is 22.2. The standard InChI is InChI=1S/C34H39N9O3/c1-4-15-42-30-24(32(45)43(42)22(2)3)10-11-28(38-30)37-29-19-26(36-27(21-44)23-8-6-5-7-9-23)25(20-35-29)31-39-33(40-46-31)34-12-16-41(17-13-34)18-14-34/h4-11,19-20,22,27,44H,1,12-18,21H2,2-3H3,(H2,35,36,37,38)/t27-/m1/s1. The number of allylic oxidation sites excluding steroid dienone is 1. The van der Waals surface area contributed by atoms with E-state index in [1.807, 2.05) is 54.9 Å². The lowest BCUT2D eigenvalue weighted by Crippen LogP contribution is -2.51. The van der Waals surface area contributed by atoms with E-state index in [0.717, 1.165) is 50.3 Å². The average Bonchev–Trinajstić information content (AvgIpc) is 3.69. The molecule has 5 aromatic rings. The van der Waals surface area contributed by atoms with Crippen molar-refractivity contribution >= 4 is 28.4 Å². The number of hydrogen-bond acceptors (Lipinski definition) is 10. The lowest BCUT2D eigenvalue weighted by Gasteiger charge is -2.46. The molecule has 1 aromatic carbocycles. The van der Waals surface area contributed by atoms with E-state index in [0.29, 0.717) is 46.4 Å². The first-order valence-corrected chi connectivity index (χ1v) is 15.9. The summed E-state index contributed by atoms with van der Waals surface area (Å²) in [5.74, 6) is 2.18. The minimum Gasteiger partial charge on any atom is -0.394 e. The molecule has 0 saturated carbocycles. The maximum atomic E-state index is 13.1. The molecule has 2 bridgehead atoms. The molecule has 0 radical (unpaired) electrons. The molecule has 3 saturated heterocycles. The fourth-order valence-electron chi connectivity index (χ4n) is 6.79. The summed E-state index contributed by atoms with van der Waals surface area (Å²) >= 11 is 0. The summed E-state index contributed by atoms with van der Waals surface area (Å²) in [6.45, 7) is 11.3. The Morgan fingerprint density at radius 1 is 1.07 bits per heavy atom. The van der Waals surface area contributed by atoms with Crippen molar-refractivity contribution in [3.05, 3.63) is 89.1 Å². The molecule has 3 aliphatic heterocycles. The van der Waals surface area contributed by atoms with Crippen LogP contribution in [0, 0.1) is 0 Å². The summed E-state index contributed by atoms with van der Waals surface area (Å²) in [4.78, 5) is 30.0. The summed E-state index contributed by atoms with van der Waals surface area (Å²) in [5.41, 5.74) is 2.66. The van der Waals surface area contributed by atoms with Gasteiger partial charge in [-0.05, 0) is 70.4 Å². The molecule has 0 spiro atoms. The quantitative estimate of drug-likeness (QED) is 0.172. The maximum absolute atomic E-state index is 13.1. The van der Waals surface area contributed by atoms with Crippen LogP contribution in [0.25, 0.3) is 22.5 Å². The van der Waals surface area contributed by atoms with Crippen molar-refractivity contribution in [3.63, 3.8) is 0 Å². The van der Waals surface area contributed by atoms with E-state index in [9.17, 15) is 9.90 Å². The predicted molar refractivity (Wildman–Crippen MR) is 177 cm³/mol. The largest absolute Gasteiger partial charge is 0.394 e. The van der Waals surface area contributed by atoms with Gasteiger partial charge in [0.15, 0.2) is 11.5 Å². The van der Waals surface area contributed by atoms with E-state index in [-0.39, 0.29) is 23.6 Å². The van der Waals surface area contributed by atoms with Crippen LogP contribution in [-0.4, -0.2) is 65.7 Å². The molecule has 0 amide bonds. The van der Waals surface area contributed by atoms with E-state index >= 15 is 0 Å². The third kappa shape index (κ3) is 5.37. The molecule has 7 heterocycles. The van der Waals surface area contributed by atoms with Gasteiger partial charge in [0.2, 0.25) is 0 Å². The van der Waals surface area contributed by atoms with Gasteiger partial charge >= 0.3 is 0 Å². The smallest absolute Gasteiger partial charge is 0.276 e. The van der Waals surface area contributed by atoms with E-state index in [2.05, 4.69) is 27.3 Å². The second kappa shape index (κ2) is 12.2. The Hall–Kier alpha value is -4.81. The highest BCUT2D eigenvalue weighted by atomic mass is 16.5. The molecule has 8 rings (SSSR count). The first-order valence-electron chi connectivity index (χ1n) is 15.9. The number of aliphatic hydroxyl groups excluding tert-OH is 1. The topological polar surface area (TPSA) is 139 Å². The van der Waals surface area contributed by atoms with Crippen molar-refractivity contribution in [2.45, 2.75) is 57.2 Å². The van der Waals surface area contributed by atoms with Crippen LogP contribution in [0.15, 0.2) is 76.7 Å². The zero-order valence-corrected chi connectivity index (χ0v) is 26.2. The van der Waals surface area contributed by atoms with Crippen molar-refractivity contribution in [1.82, 2.24) is 34.4 Å². The molecule has 12 nitrogen and oxygen atoms in total. The summed E-state index contributed by atoms with van der Waals surface area (Å²) in [6, 6.07) is 14.7. The van der Waals surface area contributed by atoms with Crippen LogP contribution >= 0.6 is 0 Å². The van der Waals surface area contributed by atoms with Gasteiger partial charge < -0.3 is 25.2 Å². The normalized spacial score (nSPS) is 19.9. The van der Waals surface area contributed by atoms with Crippen LogP contribution in [0.3, 0.4) is 0 Å². The number of piperidine rings is 3. The number of rotatable bonds is 11. The van der Waals surface area contributed by atoms with E-state index in [1.54, 1.807) is 29.1 Å². The Balaban J connectivity index is 1.25. The highest BCUT2D eigenvalue weighted by Gasteiger charge is 2.44. The molecule has 0 aliphatic carbocycles. The number of anilines is 3. The number of pyridine rings is 2. The molecule has 4 aromatic heterocycles. The number of fused-ring (bicyclic) bond motifs is 4. The van der Waals surface area contributed by atoms with Gasteiger partial charge in [0.1, 0.15) is 11.6 Å². The summed E-state index contributed by atoms with van der Waals surface area (Å²) < 4.78 is 9.44. The van der Waals surface area contributed by atoms with Crippen molar-refractivity contribution in [3.8, 4) is 11.5 Å². The third-order valence-corrected chi connectivity index (χ3v) is 9.33. The van der Waals surface area contributed by atoms with Crippen LogP contribution < -0.4 is 16.2 Å². The third-order valence-electron chi connectivity index (χ3n) is 9.33. The highest BCUT2D eigenvalue weighted by Crippen LogP contribution is 2.42. The lowest BCUT2D eigenvalue weighted by atomic mass is 9.71. The molecule has 3 fully saturated rings. The van der Waals surface area contributed by atoms with Crippen molar-refractivity contribution in [2.75, 3.05) is 36.9 Å². The van der Waals surface area contributed by atoms with Gasteiger partial charge in [-0.1, -0.05) is 41.6 Å². The van der Waals surface area contributed by atoms with Gasteiger partial charge in [0.05, 0.1) is 35.8 Å². The van der Waals surface area contributed by atoms with Crippen LogP contribution in [0.4, 0.5) is 17.3 Å². The average molecular weight is 622 g/mol. The first-order chi connectivity index (χ1) is 22.4. The van der Waals surface area contributed by atoms with Crippen LogP contribution in [0.5, 0.6) is 0 Å². The monoisotopic (exact) mass is 621 g/mol. The van der Waals surface area contributed by atoms with E-state index in [4.69, 9.17) is 19.5 Å². The second-order valence-corrected chi connectivity index (χ2v) is 12.5. The second-order valence-electron chi connectivity index (χ2n) is 12.5. The minimum absolute atomic E-state index is 0.0410. The fourth-order valence-corrected chi connectivity index (χ4v) is 6.79. The highest BCUT2D eigenvalue weighted by molar-refractivity contribution is 5.79. The first kappa shape index (κ1) is 29.9. The van der Waals surface area contributed by atoms with Crippen LogP contribution in [0.2, 0.25) is 0 Å².